The second-order valence-electron chi connectivity index (χ2n) is 7.59. The van der Waals surface area contributed by atoms with E-state index in [1.807, 2.05) is 24.4 Å². The van der Waals surface area contributed by atoms with Crippen LogP contribution in [0.3, 0.4) is 0 Å². The molecule has 5 nitrogen and oxygen atoms in total. The van der Waals surface area contributed by atoms with Gasteiger partial charge in [-0.3, -0.25) is 14.5 Å². The maximum atomic E-state index is 13.1. The van der Waals surface area contributed by atoms with Crippen LogP contribution in [0.2, 0.25) is 10.0 Å². The first-order chi connectivity index (χ1) is 14.4. The van der Waals surface area contributed by atoms with Crippen LogP contribution in [0.15, 0.2) is 42.5 Å². The van der Waals surface area contributed by atoms with Crippen LogP contribution in [0.4, 0.5) is 0 Å². The van der Waals surface area contributed by atoms with Crippen molar-refractivity contribution < 1.29 is 9.59 Å². The number of likely N-dealkylation sites (N-methyl/N-ethyl adjacent to an activating group) is 1. The van der Waals surface area contributed by atoms with Crippen molar-refractivity contribution >= 4 is 35.0 Å². The number of nitrogens with zero attached hydrogens (tertiary/aromatic N) is 2. The molecule has 1 saturated carbocycles. The minimum Gasteiger partial charge on any atom is -0.338 e. The molecule has 0 atom stereocenters. The number of benzene rings is 2. The van der Waals surface area contributed by atoms with Gasteiger partial charge in [-0.05, 0) is 36.6 Å². The Morgan fingerprint density at radius 1 is 1.03 bits per heavy atom. The molecule has 3 rings (SSSR count). The molecule has 0 bridgehead atoms. The van der Waals surface area contributed by atoms with Crippen LogP contribution in [-0.4, -0.2) is 29.3 Å². The molecular weight excluding hydrogens is 421 g/mol. The third-order valence-electron chi connectivity index (χ3n) is 5.57. The first-order valence-corrected chi connectivity index (χ1v) is 10.7. The number of carbonyl (C=O) groups excluding carboxylic acids is 2. The summed E-state index contributed by atoms with van der Waals surface area (Å²) in [6.45, 7) is 0. The standard InChI is InChI=1S/C23H23Cl2N3O2/c1-28(15-26)22(30)23(12-6-2-3-7-13-23)27-21(29)18-11-10-16(14-20(18)25)17-8-4-5-9-19(17)24/h4-5,8-11,14H,2-3,6-7,12-13H2,1H3,(H,27,29). The summed E-state index contributed by atoms with van der Waals surface area (Å²) in [6.07, 6.45) is 6.46. The monoisotopic (exact) mass is 443 g/mol. The molecule has 1 fully saturated rings. The molecule has 0 aliphatic heterocycles. The second kappa shape index (κ2) is 9.51. The summed E-state index contributed by atoms with van der Waals surface area (Å²) in [7, 11) is 1.42. The third kappa shape index (κ3) is 4.61. The van der Waals surface area contributed by atoms with E-state index in [4.69, 9.17) is 23.2 Å². The van der Waals surface area contributed by atoms with Gasteiger partial charge in [-0.1, -0.05) is 73.2 Å². The van der Waals surface area contributed by atoms with Gasteiger partial charge in [-0.2, -0.15) is 5.26 Å². The average Bonchev–Trinajstić information content (AvgIpc) is 2.99. The van der Waals surface area contributed by atoms with Crippen molar-refractivity contribution in [2.45, 2.75) is 44.1 Å². The largest absolute Gasteiger partial charge is 0.338 e. The lowest BCUT2D eigenvalue weighted by molar-refractivity contribution is -0.134. The lowest BCUT2D eigenvalue weighted by Crippen LogP contribution is -2.58. The Hall–Kier alpha value is -2.55. The Balaban J connectivity index is 1.90. The first kappa shape index (κ1) is 22.1. The fraction of sp³-hybridized carbons (Fsp3) is 0.348. The summed E-state index contributed by atoms with van der Waals surface area (Å²) in [6, 6.07) is 12.5. The number of nitrogens with one attached hydrogen (secondary N) is 1. The molecular formula is C23H23Cl2N3O2. The molecule has 0 spiro atoms. The summed E-state index contributed by atoms with van der Waals surface area (Å²) in [5, 5.41) is 13.0. The SMILES string of the molecule is CN(C#N)C(=O)C1(NC(=O)c2ccc(-c3ccccc3Cl)cc2Cl)CCCCCC1. The Bertz CT molecular complexity index is 992. The average molecular weight is 444 g/mol. The molecule has 2 amide bonds. The number of rotatable bonds is 4. The lowest BCUT2D eigenvalue weighted by Gasteiger charge is -2.33. The van der Waals surface area contributed by atoms with E-state index < -0.39 is 11.4 Å². The second-order valence-corrected chi connectivity index (χ2v) is 8.40. The number of halogens is 2. The molecule has 30 heavy (non-hydrogen) atoms. The smallest absolute Gasteiger partial charge is 0.261 e. The van der Waals surface area contributed by atoms with E-state index in [9.17, 15) is 14.9 Å². The van der Waals surface area contributed by atoms with Gasteiger partial charge >= 0.3 is 0 Å². The summed E-state index contributed by atoms with van der Waals surface area (Å²) in [4.78, 5) is 27.1. The topological polar surface area (TPSA) is 73.2 Å². The Morgan fingerprint density at radius 2 is 1.70 bits per heavy atom. The van der Waals surface area contributed by atoms with Crippen LogP contribution in [0.25, 0.3) is 11.1 Å². The van der Waals surface area contributed by atoms with E-state index in [0.717, 1.165) is 41.7 Å². The van der Waals surface area contributed by atoms with Crippen molar-refractivity contribution in [3.05, 3.63) is 58.1 Å². The minimum absolute atomic E-state index is 0.273. The normalized spacial score (nSPS) is 15.5. The molecule has 7 heteroatoms. The van der Waals surface area contributed by atoms with Crippen molar-refractivity contribution in [3.8, 4) is 17.3 Å². The van der Waals surface area contributed by atoms with Crippen molar-refractivity contribution in [2.75, 3.05) is 7.05 Å². The molecule has 0 radical (unpaired) electrons. The molecule has 0 heterocycles. The number of carbonyl (C=O) groups is 2. The molecule has 156 valence electrons. The molecule has 0 saturated heterocycles. The van der Waals surface area contributed by atoms with Crippen molar-refractivity contribution in [2.24, 2.45) is 0 Å². The van der Waals surface area contributed by atoms with Crippen molar-refractivity contribution in [1.82, 2.24) is 10.2 Å². The number of hydrogen-bond acceptors (Lipinski definition) is 3. The van der Waals surface area contributed by atoms with Crippen molar-refractivity contribution in [1.29, 1.82) is 5.26 Å². The number of amides is 2. The highest BCUT2D eigenvalue weighted by atomic mass is 35.5. The fourth-order valence-electron chi connectivity index (χ4n) is 3.94. The molecule has 1 N–H and O–H groups in total. The Morgan fingerprint density at radius 3 is 2.30 bits per heavy atom. The highest BCUT2D eigenvalue weighted by Crippen LogP contribution is 2.32. The lowest BCUT2D eigenvalue weighted by atomic mass is 9.88. The summed E-state index contributed by atoms with van der Waals surface area (Å²) < 4.78 is 0. The summed E-state index contributed by atoms with van der Waals surface area (Å²) in [5.41, 5.74) is 0.803. The molecule has 0 aromatic heterocycles. The summed E-state index contributed by atoms with van der Waals surface area (Å²) in [5.74, 6) is -0.809. The molecule has 1 aliphatic rings. The van der Waals surface area contributed by atoms with Gasteiger partial charge < -0.3 is 5.32 Å². The Labute approximate surface area is 186 Å². The van der Waals surface area contributed by atoms with Gasteiger partial charge in [0.25, 0.3) is 11.8 Å². The van der Waals surface area contributed by atoms with Gasteiger partial charge in [0, 0.05) is 17.6 Å². The molecule has 2 aromatic rings. The Kier molecular flexibility index (Phi) is 7.02. The predicted molar refractivity (Wildman–Crippen MR) is 118 cm³/mol. The zero-order valence-corrected chi connectivity index (χ0v) is 18.3. The van der Waals surface area contributed by atoms with E-state index in [-0.39, 0.29) is 16.5 Å². The zero-order valence-electron chi connectivity index (χ0n) is 16.8. The van der Waals surface area contributed by atoms with Crippen LogP contribution < -0.4 is 5.32 Å². The van der Waals surface area contributed by atoms with Gasteiger partial charge in [0.15, 0.2) is 6.19 Å². The van der Waals surface area contributed by atoms with Gasteiger partial charge in [0.2, 0.25) is 0 Å². The molecule has 0 unspecified atom stereocenters. The quantitative estimate of drug-likeness (QED) is 0.389. The van der Waals surface area contributed by atoms with E-state index in [2.05, 4.69) is 5.32 Å². The minimum atomic E-state index is -1.09. The van der Waals surface area contributed by atoms with Crippen LogP contribution in [-0.2, 0) is 4.79 Å². The highest BCUT2D eigenvalue weighted by molar-refractivity contribution is 6.35. The van der Waals surface area contributed by atoms with Crippen LogP contribution in [0.5, 0.6) is 0 Å². The zero-order chi connectivity index (χ0) is 21.7. The third-order valence-corrected chi connectivity index (χ3v) is 6.21. The van der Waals surface area contributed by atoms with E-state index in [1.54, 1.807) is 24.3 Å². The van der Waals surface area contributed by atoms with Gasteiger partial charge in [0.05, 0.1) is 10.6 Å². The molecule has 1 aliphatic carbocycles. The van der Waals surface area contributed by atoms with E-state index >= 15 is 0 Å². The van der Waals surface area contributed by atoms with E-state index in [0.29, 0.717) is 17.9 Å². The number of hydrogen-bond donors (Lipinski definition) is 1. The van der Waals surface area contributed by atoms with Crippen molar-refractivity contribution in [3.63, 3.8) is 0 Å². The predicted octanol–water partition coefficient (Wildman–Crippen LogP) is 5.42. The highest BCUT2D eigenvalue weighted by Gasteiger charge is 2.42. The van der Waals surface area contributed by atoms with Gasteiger partial charge in [0.1, 0.15) is 5.54 Å². The van der Waals surface area contributed by atoms with Gasteiger partial charge in [-0.15, -0.1) is 0 Å². The van der Waals surface area contributed by atoms with Crippen LogP contribution >= 0.6 is 23.2 Å². The van der Waals surface area contributed by atoms with E-state index in [1.165, 1.54) is 7.05 Å². The maximum absolute atomic E-state index is 13.1. The van der Waals surface area contributed by atoms with Crippen LogP contribution in [0.1, 0.15) is 48.9 Å². The van der Waals surface area contributed by atoms with Gasteiger partial charge in [-0.25, -0.2) is 0 Å². The first-order valence-electron chi connectivity index (χ1n) is 9.93. The summed E-state index contributed by atoms with van der Waals surface area (Å²) >= 11 is 12.7. The van der Waals surface area contributed by atoms with Crippen LogP contribution in [0, 0.1) is 11.5 Å². The maximum Gasteiger partial charge on any atom is 0.261 e. The molecule has 2 aromatic carbocycles. The fourth-order valence-corrected chi connectivity index (χ4v) is 4.45. The number of nitriles is 1.